The zero-order chi connectivity index (χ0) is 17.1. The number of rotatable bonds is 4. The van der Waals surface area contributed by atoms with E-state index < -0.39 is 29.1 Å². The van der Waals surface area contributed by atoms with Gasteiger partial charge in [0.15, 0.2) is 11.8 Å². The van der Waals surface area contributed by atoms with E-state index >= 15 is 0 Å². The monoisotopic (exact) mass is 328 g/mol. The number of carbonyl (C=O) groups is 2. The molecule has 1 unspecified atom stereocenters. The zero-order valence-electron chi connectivity index (χ0n) is 13.0. The maximum Gasteiger partial charge on any atom is 0.253 e. The van der Waals surface area contributed by atoms with Crippen LogP contribution < -0.4 is 5.56 Å². The van der Waals surface area contributed by atoms with Crippen LogP contribution in [-0.2, 0) is 4.79 Å². The van der Waals surface area contributed by atoms with Gasteiger partial charge in [-0.15, -0.1) is 0 Å². The second kappa shape index (κ2) is 6.78. The Hall–Kier alpha value is -2.76. The summed E-state index contributed by atoms with van der Waals surface area (Å²) >= 11 is 0. The van der Waals surface area contributed by atoms with E-state index in [1.165, 1.54) is 36.5 Å². The average Bonchev–Trinajstić information content (AvgIpc) is 3.12. The molecule has 24 heavy (non-hydrogen) atoms. The molecule has 0 saturated carbocycles. The van der Waals surface area contributed by atoms with Crippen LogP contribution in [-0.4, -0.2) is 34.2 Å². The molecule has 1 aromatic heterocycles. The number of likely N-dealkylation sites (tertiary alicyclic amines) is 1. The summed E-state index contributed by atoms with van der Waals surface area (Å²) in [5.41, 5.74) is -0.227. The molecule has 0 aliphatic carbocycles. The molecule has 0 radical (unpaired) electrons. The van der Waals surface area contributed by atoms with Gasteiger partial charge in [0.1, 0.15) is 5.82 Å². The Morgan fingerprint density at radius 3 is 2.29 bits per heavy atom. The topological polar surface area (TPSA) is 59.4 Å². The van der Waals surface area contributed by atoms with E-state index in [1.807, 2.05) is 0 Å². The fourth-order valence-electron chi connectivity index (χ4n) is 2.89. The van der Waals surface area contributed by atoms with E-state index in [0.717, 1.165) is 17.4 Å². The number of halogens is 1. The van der Waals surface area contributed by atoms with Crippen LogP contribution in [0.1, 0.15) is 29.2 Å². The smallest absolute Gasteiger partial charge is 0.253 e. The van der Waals surface area contributed by atoms with Crippen molar-refractivity contribution in [3.8, 4) is 0 Å². The Balaban J connectivity index is 2.02. The number of ketones is 1. The van der Waals surface area contributed by atoms with Crippen LogP contribution in [0.2, 0.25) is 0 Å². The van der Waals surface area contributed by atoms with Gasteiger partial charge in [0.25, 0.3) is 11.5 Å². The average molecular weight is 328 g/mol. The van der Waals surface area contributed by atoms with Crippen molar-refractivity contribution in [1.82, 2.24) is 9.47 Å². The molecule has 0 spiro atoms. The largest absolute Gasteiger partial charge is 0.340 e. The quantitative estimate of drug-likeness (QED) is 0.637. The SMILES string of the molecule is O=C(c1ccc(F)cc1)C(C(=O)N1CCCC1)n1ccccc1=O. The summed E-state index contributed by atoms with van der Waals surface area (Å²) < 4.78 is 14.2. The van der Waals surface area contributed by atoms with Crippen LogP contribution in [0.25, 0.3) is 0 Å². The van der Waals surface area contributed by atoms with Crippen LogP contribution in [0.15, 0.2) is 53.5 Å². The lowest BCUT2D eigenvalue weighted by atomic mass is 10.0. The van der Waals surface area contributed by atoms with Gasteiger partial charge < -0.3 is 4.90 Å². The van der Waals surface area contributed by atoms with Crippen LogP contribution in [0.4, 0.5) is 4.39 Å². The Labute approximate surface area is 138 Å². The lowest BCUT2D eigenvalue weighted by Gasteiger charge is -2.24. The molecule has 1 aliphatic heterocycles. The lowest BCUT2D eigenvalue weighted by molar-refractivity contribution is -0.132. The van der Waals surface area contributed by atoms with Gasteiger partial charge in [-0.25, -0.2) is 4.39 Å². The van der Waals surface area contributed by atoms with Gasteiger partial charge >= 0.3 is 0 Å². The minimum atomic E-state index is -1.26. The van der Waals surface area contributed by atoms with Crippen LogP contribution in [0, 0.1) is 5.82 Å². The number of nitrogens with zero attached hydrogens (tertiary/aromatic N) is 2. The van der Waals surface area contributed by atoms with E-state index in [0.29, 0.717) is 13.1 Å². The molecule has 1 fully saturated rings. The van der Waals surface area contributed by atoms with Crippen molar-refractivity contribution in [2.45, 2.75) is 18.9 Å². The number of hydrogen-bond acceptors (Lipinski definition) is 3. The van der Waals surface area contributed by atoms with Gasteiger partial charge in [0, 0.05) is 30.9 Å². The highest BCUT2D eigenvalue weighted by Gasteiger charge is 2.34. The standard InChI is InChI=1S/C18H17FN2O3/c19-14-8-6-13(7-9-14)17(23)16(18(24)20-10-3-4-11-20)21-12-2-1-5-15(21)22/h1-2,5-9,12,16H,3-4,10-11H2. The first-order valence-electron chi connectivity index (χ1n) is 7.83. The van der Waals surface area contributed by atoms with Crippen molar-refractivity contribution in [2.75, 3.05) is 13.1 Å². The fourth-order valence-corrected chi connectivity index (χ4v) is 2.89. The molecule has 1 atom stereocenters. The van der Waals surface area contributed by atoms with Crippen molar-refractivity contribution in [1.29, 1.82) is 0 Å². The minimum Gasteiger partial charge on any atom is -0.340 e. The number of aromatic nitrogens is 1. The van der Waals surface area contributed by atoms with Crippen LogP contribution >= 0.6 is 0 Å². The molecule has 5 nitrogen and oxygen atoms in total. The second-order valence-corrected chi connectivity index (χ2v) is 5.75. The molecule has 2 aromatic rings. The summed E-state index contributed by atoms with van der Waals surface area (Å²) in [6, 6.07) is 8.19. The molecule has 2 heterocycles. The predicted molar refractivity (Wildman–Crippen MR) is 86.3 cm³/mol. The van der Waals surface area contributed by atoms with Gasteiger partial charge in [-0.2, -0.15) is 0 Å². The molecule has 124 valence electrons. The van der Waals surface area contributed by atoms with Gasteiger partial charge in [-0.1, -0.05) is 6.07 Å². The van der Waals surface area contributed by atoms with Crippen molar-refractivity contribution in [3.05, 3.63) is 70.4 Å². The van der Waals surface area contributed by atoms with E-state index in [1.54, 1.807) is 17.0 Å². The maximum atomic E-state index is 13.1. The number of carbonyl (C=O) groups excluding carboxylic acids is 2. The second-order valence-electron chi connectivity index (χ2n) is 5.75. The molecule has 0 bridgehead atoms. The summed E-state index contributed by atoms with van der Waals surface area (Å²) in [4.78, 5) is 39.5. The third kappa shape index (κ3) is 3.13. The molecule has 1 aromatic carbocycles. The van der Waals surface area contributed by atoms with Crippen molar-refractivity contribution in [3.63, 3.8) is 0 Å². The van der Waals surface area contributed by atoms with Crippen LogP contribution in [0.3, 0.4) is 0 Å². The van der Waals surface area contributed by atoms with Crippen LogP contribution in [0.5, 0.6) is 0 Å². The molecule has 1 saturated heterocycles. The number of hydrogen-bond donors (Lipinski definition) is 0. The number of Topliss-reactive ketones (excluding diaryl/α,β-unsaturated/α-hetero) is 1. The molecule has 1 amide bonds. The highest BCUT2D eigenvalue weighted by Crippen LogP contribution is 2.20. The Morgan fingerprint density at radius 2 is 1.67 bits per heavy atom. The van der Waals surface area contributed by atoms with Crippen molar-refractivity contribution >= 4 is 11.7 Å². The third-order valence-electron chi connectivity index (χ3n) is 4.16. The minimum absolute atomic E-state index is 0.199. The van der Waals surface area contributed by atoms with Gasteiger partial charge in [-0.3, -0.25) is 19.0 Å². The highest BCUT2D eigenvalue weighted by atomic mass is 19.1. The Morgan fingerprint density at radius 1 is 1.00 bits per heavy atom. The lowest BCUT2D eigenvalue weighted by Crippen LogP contribution is -2.42. The van der Waals surface area contributed by atoms with Crippen molar-refractivity contribution in [2.24, 2.45) is 0 Å². The zero-order valence-corrected chi connectivity index (χ0v) is 13.0. The van der Waals surface area contributed by atoms with Gasteiger partial charge in [0.05, 0.1) is 0 Å². The van der Waals surface area contributed by atoms with E-state index in [2.05, 4.69) is 0 Å². The van der Waals surface area contributed by atoms with E-state index in [4.69, 9.17) is 0 Å². The molecular weight excluding hydrogens is 311 g/mol. The van der Waals surface area contributed by atoms with Crippen molar-refractivity contribution < 1.29 is 14.0 Å². The highest BCUT2D eigenvalue weighted by molar-refractivity contribution is 6.11. The fraction of sp³-hybridized carbons (Fsp3) is 0.278. The third-order valence-corrected chi connectivity index (χ3v) is 4.16. The normalized spacial score (nSPS) is 15.3. The van der Waals surface area contributed by atoms with Gasteiger partial charge in [-0.05, 0) is 43.2 Å². The molecule has 6 heteroatoms. The Bertz CT molecular complexity index is 808. The molecule has 0 N–H and O–H groups in total. The molecule has 3 rings (SSSR count). The summed E-state index contributed by atoms with van der Waals surface area (Å²) in [6.45, 7) is 1.15. The van der Waals surface area contributed by atoms with E-state index in [9.17, 15) is 18.8 Å². The van der Waals surface area contributed by atoms with Gasteiger partial charge in [0.2, 0.25) is 0 Å². The first-order chi connectivity index (χ1) is 11.6. The number of benzene rings is 1. The van der Waals surface area contributed by atoms with E-state index in [-0.39, 0.29) is 5.56 Å². The molecule has 1 aliphatic rings. The summed E-state index contributed by atoms with van der Waals surface area (Å²) in [6.07, 6.45) is 3.20. The first-order valence-corrected chi connectivity index (χ1v) is 7.83. The summed E-state index contributed by atoms with van der Waals surface area (Å²) in [7, 11) is 0. The summed E-state index contributed by atoms with van der Waals surface area (Å²) in [5, 5.41) is 0. The Kier molecular flexibility index (Phi) is 4.55. The first kappa shape index (κ1) is 16.1. The molecular formula is C18H17FN2O3. The number of amides is 1. The number of pyridine rings is 1. The maximum absolute atomic E-state index is 13.1. The summed E-state index contributed by atoms with van der Waals surface area (Å²) in [5.74, 6) is -1.37. The predicted octanol–water partition coefficient (Wildman–Crippen LogP) is 2.03.